The number of halogens is 3. The molecule has 0 aliphatic carbocycles. The molecular weight excluding hydrogens is 585 g/mol. The number of nitrogens with one attached hydrogen (secondary N) is 2. The van der Waals surface area contributed by atoms with Crippen LogP contribution in [0.5, 0.6) is 5.75 Å². The first kappa shape index (κ1) is 32.0. The van der Waals surface area contributed by atoms with Crippen molar-refractivity contribution < 1.29 is 36.2 Å². The number of hydrogen-bond donors (Lipinski definition) is 3. The molecule has 1 aliphatic heterocycles. The van der Waals surface area contributed by atoms with Crippen molar-refractivity contribution in [2.45, 2.75) is 38.0 Å². The molecule has 3 aromatic rings. The van der Waals surface area contributed by atoms with Gasteiger partial charge in [-0.25, -0.2) is 13.2 Å². The predicted molar refractivity (Wildman–Crippen MR) is 161 cm³/mol. The maximum atomic E-state index is 13.6. The maximum absolute atomic E-state index is 13.6. The van der Waals surface area contributed by atoms with Gasteiger partial charge in [-0.2, -0.15) is 13.2 Å². The summed E-state index contributed by atoms with van der Waals surface area (Å²) < 4.78 is 70.0. The lowest BCUT2D eigenvalue weighted by atomic mass is 10.0. The summed E-state index contributed by atoms with van der Waals surface area (Å²) in [6.45, 7) is 1.23. The molecule has 13 heteroatoms. The summed E-state index contributed by atoms with van der Waals surface area (Å²) in [4.78, 5) is 13.4. The van der Waals surface area contributed by atoms with E-state index in [9.17, 15) is 31.5 Å². The largest absolute Gasteiger partial charge is 0.495 e. The predicted octanol–water partition coefficient (Wildman–Crippen LogP) is 4.69. The van der Waals surface area contributed by atoms with E-state index in [-0.39, 0.29) is 29.6 Å². The number of ether oxygens (including phenoxy) is 1. The third-order valence-corrected chi connectivity index (χ3v) is 8.28. The lowest BCUT2D eigenvalue weighted by molar-refractivity contribution is -0.140. The summed E-state index contributed by atoms with van der Waals surface area (Å²) in [6.07, 6.45) is -0.969. The molecule has 3 N–H and O–H groups in total. The fraction of sp³-hybridized carbons (Fsp3) is 0.433. The van der Waals surface area contributed by atoms with Crippen LogP contribution in [0.1, 0.15) is 35.3 Å². The third-order valence-electron chi connectivity index (χ3n) is 7.25. The van der Waals surface area contributed by atoms with Crippen LogP contribution in [-0.4, -0.2) is 86.5 Å². The number of aromatic nitrogens is 1. The van der Waals surface area contributed by atoms with E-state index < -0.39 is 28.5 Å². The number of carbonyl (C=O) groups is 1. The first-order valence-corrected chi connectivity index (χ1v) is 15.9. The number of hydrogen-bond acceptors (Lipinski definition) is 7. The number of rotatable bonds is 11. The van der Waals surface area contributed by atoms with Crippen LogP contribution >= 0.6 is 0 Å². The van der Waals surface area contributed by atoms with E-state index in [0.29, 0.717) is 35.3 Å². The lowest BCUT2D eigenvalue weighted by Gasteiger charge is -2.33. The van der Waals surface area contributed by atoms with Crippen molar-refractivity contribution in [3.63, 3.8) is 0 Å². The molecule has 0 amide bonds. The fourth-order valence-electron chi connectivity index (χ4n) is 5.18. The van der Waals surface area contributed by atoms with Crippen LogP contribution in [0.15, 0.2) is 42.5 Å². The Morgan fingerprint density at radius 2 is 1.88 bits per heavy atom. The topological polar surface area (TPSA) is 113 Å². The Bertz CT molecular complexity index is 1620. The normalized spacial score (nSPS) is 14.7. The van der Waals surface area contributed by atoms with E-state index in [1.807, 2.05) is 6.07 Å². The molecule has 0 bridgehead atoms. The lowest BCUT2D eigenvalue weighted by Crippen LogP contribution is -2.39. The second-order valence-corrected chi connectivity index (χ2v) is 12.8. The summed E-state index contributed by atoms with van der Waals surface area (Å²) in [5, 5.41) is 16.3. The Balaban J connectivity index is 1.48. The van der Waals surface area contributed by atoms with E-state index in [4.69, 9.17) is 4.74 Å². The molecule has 4 rings (SSSR count). The Morgan fingerprint density at radius 3 is 2.53 bits per heavy atom. The number of sulfone groups is 1. The smallest absolute Gasteiger partial charge is 0.406 e. The summed E-state index contributed by atoms with van der Waals surface area (Å²) in [6, 6.07) is 11.4. The first-order valence-electron chi connectivity index (χ1n) is 13.8. The number of aromatic carboxylic acids is 1. The number of piperidine rings is 1. The van der Waals surface area contributed by atoms with Gasteiger partial charge in [0.25, 0.3) is 0 Å². The van der Waals surface area contributed by atoms with Gasteiger partial charge in [0.1, 0.15) is 22.1 Å². The highest BCUT2D eigenvalue weighted by atomic mass is 32.2. The van der Waals surface area contributed by atoms with Gasteiger partial charge in [-0.05, 0) is 68.1 Å². The number of fused-ring (bicyclic) bond motifs is 1. The Labute approximate surface area is 248 Å². The van der Waals surface area contributed by atoms with Gasteiger partial charge >= 0.3 is 12.1 Å². The van der Waals surface area contributed by atoms with Crippen LogP contribution in [0.25, 0.3) is 10.9 Å². The Morgan fingerprint density at radius 1 is 1.14 bits per heavy atom. The quantitative estimate of drug-likeness (QED) is 0.265. The fourth-order valence-corrected chi connectivity index (χ4v) is 5.83. The van der Waals surface area contributed by atoms with Crippen LogP contribution in [0.2, 0.25) is 0 Å². The van der Waals surface area contributed by atoms with E-state index in [2.05, 4.69) is 27.4 Å². The Kier molecular flexibility index (Phi) is 10.1. The van der Waals surface area contributed by atoms with Crippen LogP contribution in [-0.2, 0) is 16.4 Å². The Hall–Kier alpha value is -3.89. The van der Waals surface area contributed by atoms with Crippen LogP contribution < -0.4 is 15.4 Å². The number of alkyl halides is 3. The number of carboxylic acid groups (broad SMARTS) is 1. The van der Waals surface area contributed by atoms with E-state index >= 15 is 0 Å². The van der Waals surface area contributed by atoms with Gasteiger partial charge in [0.05, 0.1) is 41.9 Å². The zero-order valence-corrected chi connectivity index (χ0v) is 24.8. The molecule has 2 heterocycles. The SMILES string of the molecule is COc1cc(C(=O)O)ccc1NCC#Cc1cc2c(NC3CCN(CCCS(C)(=O)=O)CC3)cccc2n1CC(F)(F)F. The van der Waals surface area contributed by atoms with Gasteiger partial charge in [-0.3, -0.25) is 0 Å². The molecule has 1 aliphatic rings. The highest BCUT2D eigenvalue weighted by Crippen LogP contribution is 2.31. The minimum Gasteiger partial charge on any atom is -0.495 e. The molecule has 0 saturated carbocycles. The summed E-state index contributed by atoms with van der Waals surface area (Å²) in [5.41, 5.74) is 1.94. The standard InChI is InChI=1S/C30H35F3N4O5S/c1-42-28-18-21(29(38)39)9-10-26(28)34-13-4-6-23-19-24-25(7-3-8-27(24)37(23)20-30(31,32)33)35-22-11-15-36(16-12-22)14-5-17-43(2,40)41/h3,7-10,18-19,22,34-35H,5,11-17,20H2,1-2H3,(H,38,39). The van der Waals surface area contributed by atoms with Crippen molar-refractivity contribution in [3.8, 4) is 17.6 Å². The van der Waals surface area contributed by atoms with Gasteiger partial charge in [0.15, 0.2) is 0 Å². The molecule has 43 heavy (non-hydrogen) atoms. The molecule has 0 atom stereocenters. The zero-order chi connectivity index (χ0) is 31.2. The average molecular weight is 621 g/mol. The molecule has 1 saturated heterocycles. The second kappa shape index (κ2) is 13.6. The van der Waals surface area contributed by atoms with Gasteiger partial charge in [-0.15, -0.1) is 0 Å². The number of benzene rings is 2. The number of carboxylic acids is 1. The van der Waals surface area contributed by atoms with Crippen LogP contribution in [0.4, 0.5) is 24.5 Å². The molecular formula is C30H35F3N4O5S. The van der Waals surface area contributed by atoms with Crippen molar-refractivity contribution in [3.05, 3.63) is 53.7 Å². The zero-order valence-electron chi connectivity index (χ0n) is 24.0. The molecule has 2 aromatic carbocycles. The van der Waals surface area contributed by atoms with E-state index in [1.165, 1.54) is 30.1 Å². The number of methoxy groups -OCH3 is 1. The molecule has 0 spiro atoms. The second-order valence-electron chi connectivity index (χ2n) is 10.6. The first-order chi connectivity index (χ1) is 20.3. The molecule has 1 fully saturated rings. The van der Waals surface area contributed by atoms with E-state index in [1.54, 1.807) is 24.3 Å². The van der Waals surface area contributed by atoms with Gasteiger partial charge in [0.2, 0.25) is 0 Å². The van der Waals surface area contributed by atoms with Gasteiger partial charge in [0, 0.05) is 36.5 Å². The number of anilines is 2. The van der Waals surface area contributed by atoms with Crippen molar-refractivity contribution in [2.75, 3.05) is 55.9 Å². The monoisotopic (exact) mass is 620 g/mol. The highest BCUT2D eigenvalue weighted by molar-refractivity contribution is 7.90. The molecule has 232 valence electrons. The van der Waals surface area contributed by atoms with Crippen LogP contribution in [0.3, 0.4) is 0 Å². The van der Waals surface area contributed by atoms with Crippen molar-refractivity contribution in [1.82, 2.24) is 9.47 Å². The minimum absolute atomic E-state index is 0.0599. The minimum atomic E-state index is -4.45. The summed E-state index contributed by atoms with van der Waals surface area (Å²) in [5.74, 6) is 5.12. The highest BCUT2D eigenvalue weighted by Gasteiger charge is 2.30. The molecule has 0 unspecified atom stereocenters. The third kappa shape index (κ3) is 9.05. The van der Waals surface area contributed by atoms with Gasteiger partial charge < -0.3 is 29.9 Å². The molecule has 0 radical (unpaired) electrons. The van der Waals surface area contributed by atoms with Crippen molar-refractivity contribution in [2.24, 2.45) is 0 Å². The van der Waals surface area contributed by atoms with Crippen molar-refractivity contribution in [1.29, 1.82) is 0 Å². The van der Waals surface area contributed by atoms with Crippen LogP contribution in [0, 0.1) is 11.8 Å². The van der Waals surface area contributed by atoms with E-state index in [0.717, 1.165) is 31.6 Å². The maximum Gasteiger partial charge on any atom is 0.406 e. The summed E-state index contributed by atoms with van der Waals surface area (Å²) in [7, 11) is -1.58. The average Bonchev–Trinajstić information content (AvgIpc) is 3.28. The number of nitrogens with zero attached hydrogens (tertiary/aromatic N) is 2. The molecule has 1 aromatic heterocycles. The molecule has 9 nitrogen and oxygen atoms in total. The van der Waals surface area contributed by atoms with Gasteiger partial charge in [-0.1, -0.05) is 12.0 Å². The number of likely N-dealkylation sites (tertiary alicyclic amines) is 1. The summed E-state index contributed by atoms with van der Waals surface area (Å²) >= 11 is 0. The van der Waals surface area contributed by atoms with Crippen molar-refractivity contribution >= 4 is 38.1 Å².